The highest BCUT2D eigenvalue weighted by Crippen LogP contribution is 2.42. The van der Waals surface area contributed by atoms with Gasteiger partial charge in [0, 0.05) is 31.9 Å². The number of urea groups is 1. The second-order valence-corrected chi connectivity index (χ2v) is 8.68. The summed E-state index contributed by atoms with van der Waals surface area (Å²) in [6.07, 6.45) is -3.83. The van der Waals surface area contributed by atoms with Crippen molar-refractivity contribution in [2.24, 2.45) is 4.99 Å². The zero-order chi connectivity index (χ0) is 26.0. The summed E-state index contributed by atoms with van der Waals surface area (Å²) < 4.78 is 50.9. The van der Waals surface area contributed by atoms with E-state index in [2.05, 4.69) is 10.2 Å². The number of anilines is 1. The van der Waals surface area contributed by atoms with E-state index in [1.165, 1.54) is 12.1 Å². The van der Waals surface area contributed by atoms with E-state index in [1.54, 1.807) is 12.0 Å². The van der Waals surface area contributed by atoms with Crippen molar-refractivity contribution in [1.29, 1.82) is 0 Å². The van der Waals surface area contributed by atoms with Crippen LogP contribution in [0, 0.1) is 0 Å². The molecule has 37 heavy (non-hydrogen) atoms. The number of carbonyl (C=O) groups excluding carboxylic acids is 1. The number of amidine groups is 1. The van der Waals surface area contributed by atoms with E-state index >= 15 is 0 Å². The zero-order valence-electron chi connectivity index (χ0n) is 20.1. The van der Waals surface area contributed by atoms with Gasteiger partial charge in [-0.3, -0.25) is 0 Å². The molecule has 0 aromatic heterocycles. The highest BCUT2D eigenvalue weighted by Gasteiger charge is 2.31. The van der Waals surface area contributed by atoms with Crippen molar-refractivity contribution in [3.05, 3.63) is 77.9 Å². The second kappa shape index (κ2) is 10.0. The number of halogens is 3. The van der Waals surface area contributed by atoms with Crippen molar-refractivity contribution >= 4 is 23.2 Å². The van der Waals surface area contributed by atoms with E-state index in [0.29, 0.717) is 61.4 Å². The summed E-state index contributed by atoms with van der Waals surface area (Å²) in [6, 6.07) is 17.3. The van der Waals surface area contributed by atoms with Crippen LogP contribution in [0.25, 0.3) is 0 Å². The molecule has 0 aliphatic carbocycles. The first-order valence-electron chi connectivity index (χ1n) is 11.8. The number of alkyl halides is 3. The first kappa shape index (κ1) is 24.5. The van der Waals surface area contributed by atoms with Gasteiger partial charge in [0.15, 0.2) is 17.2 Å². The van der Waals surface area contributed by atoms with Gasteiger partial charge in [0.1, 0.15) is 11.5 Å². The van der Waals surface area contributed by atoms with Crippen molar-refractivity contribution < 1.29 is 27.4 Å². The summed E-state index contributed by atoms with van der Waals surface area (Å²) in [4.78, 5) is 21.5. The van der Waals surface area contributed by atoms with Crippen LogP contribution in [0.3, 0.4) is 0 Å². The Hall–Kier alpha value is -4.21. The molecule has 1 fully saturated rings. The van der Waals surface area contributed by atoms with E-state index in [1.807, 2.05) is 42.5 Å². The molecule has 2 aliphatic rings. The predicted molar refractivity (Wildman–Crippen MR) is 134 cm³/mol. The lowest BCUT2D eigenvalue weighted by Gasteiger charge is -2.25. The molecular weight excluding hydrogens is 485 g/mol. The Balaban J connectivity index is 1.37. The minimum absolute atomic E-state index is 0.101. The van der Waals surface area contributed by atoms with E-state index in [9.17, 15) is 18.0 Å². The number of carbonyl (C=O) groups is 1. The number of para-hydroxylation sites is 3. The number of nitrogens with zero attached hydrogens (tertiary/aromatic N) is 3. The van der Waals surface area contributed by atoms with Crippen LogP contribution >= 0.6 is 0 Å². The number of aliphatic imine (C=N–C) groups is 1. The first-order chi connectivity index (χ1) is 17.8. The molecule has 3 aromatic rings. The topological polar surface area (TPSA) is 66.4 Å². The molecule has 1 N–H and O–H groups in total. The molecular formula is C27H25F3N4O3. The number of ether oxygens (including phenoxy) is 2. The molecule has 10 heteroatoms. The summed E-state index contributed by atoms with van der Waals surface area (Å²) in [7, 11) is 1.58. The highest BCUT2D eigenvalue weighted by atomic mass is 19.4. The molecule has 0 radical (unpaired) electrons. The van der Waals surface area contributed by atoms with Crippen LogP contribution in [0.1, 0.15) is 17.5 Å². The molecule has 2 amide bonds. The maximum atomic E-state index is 13.1. The second-order valence-electron chi connectivity index (χ2n) is 8.68. The van der Waals surface area contributed by atoms with Gasteiger partial charge in [-0.25, -0.2) is 9.79 Å². The summed E-state index contributed by atoms with van der Waals surface area (Å²) in [5.74, 6) is 2.47. The van der Waals surface area contributed by atoms with Crippen LogP contribution in [0.15, 0.2) is 71.7 Å². The van der Waals surface area contributed by atoms with Gasteiger partial charge in [-0.05, 0) is 48.9 Å². The van der Waals surface area contributed by atoms with E-state index in [0.717, 1.165) is 17.7 Å². The van der Waals surface area contributed by atoms with Crippen molar-refractivity contribution in [3.8, 4) is 17.2 Å². The van der Waals surface area contributed by atoms with Crippen molar-refractivity contribution in [2.45, 2.75) is 12.6 Å². The fourth-order valence-electron chi connectivity index (χ4n) is 4.43. The quantitative estimate of drug-likeness (QED) is 0.450. The third-order valence-electron chi connectivity index (χ3n) is 6.27. The Kier molecular flexibility index (Phi) is 6.64. The minimum Gasteiger partial charge on any atom is -0.493 e. The van der Waals surface area contributed by atoms with Gasteiger partial charge in [-0.15, -0.1) is 0 Å². The molecule has 0 atom stereocenters. The Labute approximate surface area is 212 Å². The zero-order valence-corrected chi connectivity index (χ0v) is 20.1. The fraction of sp³-hybridized carbons (Fsp3) is 0.259. The molecule has 7 nitrogen and oxygen atoms in total. The predicted octanol–water partition coefficient (Wildman–Crippen LogP) is 6.14. The van der Waals surface area contributed by atoms with Crippen LogP contribution in [-0.2, 0) is 6.18 Å². The Morgan fingerprint density at radius 1 is 1.00 bits per heavy atom. The summed E-state index contributed by atoms with van der Waals surface area (Å²) in [5.41, 5.74) is 0.746. The average Bonchev–Trinajstić information content (AvgIpc) is 3.23. The molecule has 0 spiro atoms. The number of benzene rings is 3. The summed E-state index contributed by atoms with van der Waals surface area (Å²) in [6.45, 7) is 1.93. The number of hydrogen-bond acceptors (Lipinski definition) is 5. The van der Waals surface area contributed by atoms with E-state index in [-0.39, 0.29) is 5.69 Å². The number of methoxy groups -OCH3 is 1. The molecule has 0 unspecified atom stereocenters. The monoisotopic (exact) mass is 510 g/mol. The third-order valence-corrected chi connectivity index (χ3v) is 6.27. The molecule has 2 aliphatic heterocycles. The SMILES string of the molecule is COc1cccc2c1Oc1ccccc1N=C2N1CCCN(C(=O)Nc2cccc(C(F)(F)F)c2)CC1. The van der Waals surface area contributed by atoms with Gasteiger partial charge < -0.3 is 24.6 Å². The maximum absolute atomic E-state index is 13.1. The van der Waals surface area contributed by atoms with Crippen LogP contribution in [0.2, 0.25) is 0 Å². The van der Waals surface area contributed by atoms with E-state index in [4.69, 9.17) is 14.5 Å². The van der Waals surface area contributed by atoms with E-state index < -0.39 is 17.8 Å². The van der Waals surface area contributed by atoms with Crippen LogP contribution in [-0.4, -0.2) is 55.0 Å². The molecule has 192 valence electrons. The van der Waals surface area contributed by atoms with Gasteiger partial charge in [-0.2, -0.15) is 13.2 Å². The number of amides is 2. The van der Waals surface area contributed by atoms with Crippen molar-refractivity contribution in [3.63, 3.8) is 0 Å². The Morgan fingerprint density at radius 2 is 1.81 bits per heavy atom. The number of nitrogens with one attached hydrogen (secondary N) is 1. The molecule has 3 aromatic carbocycles. The summed E-state index contributed by atoms with van der Waals surface area (Å²) >= 11 is 0. The van der Waals surface area contributed by atoms with Crippen LogP contribution < -0.4 is 14.8 Å². The standard InChI is InChI=1S/C27H25F3N4O3/c1-36-23-12-5-9-20-24(23)37-22-11-3-2-10-21(22)32-25(20)33-13-6-14-34(16-15-33)26(35)31-19-8-4-7-18(17-19)27(28,29)30/h2-5,7-12,17H,6,13-16H2,1H3,(H,31,35). The number of rotatable bonds is 2. The van der Waals surface area contributed by atoms with Gasteiger partial charge in [0.2, 0.25) is 0 Å². The lowest BCUT2D eigenvalue weighted by Crippen LogP contribution is -2.39. The Bertz CT molecular complexity index is 1340. The smallest absolute Gasteiger partial charge is 0.416 e. The highest BCUT2D eigenvalue weighted by molar-refractivity contribution is 6.04. The normalized spacial score (nSPS) is 15.4. The number of fused-ring (bicyclic) bond motifs is 2. The lowest BCUT2D eigenvalue weighted by atomic mass is 10.1. The molecule has 0 bridgehead atoms. The Morgan fingerprint density at radius 3 is 2.62 bits per heavy atom. The van der Waals surface area contributed by atoms with Gasteiger partial charge >= 0.3 is 12.2 Å². The third kappa shape index (κ3) is 5.18. The largest absolute Gasteiger partial charge is 0.493 e. The molecule has 5 rings (SSSR count). The molecule has 1 saturated heterocycles. The van der Waals surface area contributed by atoms with Crippen LogP contribution in [0.4, 0.5) is 29.3 Å². The van der Waals surface area contributed by atoms with Crippen molar-refractivity contribution in [2.75, 3.05) is 38.6 Å². The van der Waals surface area contributed by atoms with Crippen LogP contribution in [0.5, 0.6) is 17.2 Å². The minimum atomic E-state index is -4.48. The lowest BCUT2D eigenvalue weighted by molar-refractivity contribution is -0.137. The first-order valence-corrected chi connectivity index (χ1v) is 11.8. The van der Waals surface area contributed by atoms with Gasteiger partial charge in [0.25, 0.3) is 0 Å². The van der Waals surface area contributed by atoms with Gasteiger partial charge in [0.05, 0.1) is 18.2 Å². The maximum Gasteiger partial charge on any atom is 0.416 e. The van der Waals surface area contributed by atoms with Gasteiger partial charge in [-0.1, -0.05) is 24.3 Å². The number of hydrogen-bond donors (Lipinski definition) is 1. The molecule has 0 saturated carbocycles. The average molecular weight is 511 g/mol. The van der Waals surface area contributed by atoms with Crippen molar-refractivity contribution in [1.82, 2.24) is 9.80 Å². The fourth-order valence-corrected chi connectivity index (χ4v) is 4.43. The molecule has 2 heterocycles. The summed E-state index contributed by atoms with van der Waals surface area (Å²) in [5, 5.41) is 2.60.